The molecule has 0 aromatic rings. The van der Waals surface area contributed by atoms with Gasteiger partial charge in [0.1, 0.15) is 0 Å². The largest absolute Gasteiger partial charge is 0.336 e. The fraction of sp³-hybridized carbons (Fsp3) is 0.941. The van der Waals surface area contributed by atoms with Gasteiger partial charge in [-0.3, -0.25) is 4.79 Å². The number of hydrogen-bond acceptors (Lipinski definition) is 2. The molecule has 1 amide bonds. The third-order valence-electron chi connectivity index (χ3n) is 4.80. The van der Waals surface area contributed by atoms with Crippen molar-refractivity contribution in [3.8, 4) is 0 Å². The number of hydrogen-bond donors (Lipinski definition) is 1. The Morgan fingerprint density at radius 1 is 1.25 bits per heavy atom. The molecule has 0 radical (unpaired) electrons. The molecule has 0 spiro atoms. The van der Waals surface area contributed by atoms with Crippen LogP contribution in [-0.2, 0) is 4.79 Å². The lowest BCUT2D eigenvalue weighted by Gasteiger charge is -2.46. The minimum absolute atomic E-state index is 0.0534. The van der Waals surface area contributed by atoms with Crippen LogP contribution in [0.5, 0.6) is 0 Å². The smallest absolute Gasteiger partial charge is 0.226 e. The lowest BCUT2D eigenvalue weighted by Crippen LogP contribution is -2.64. The lowest BCUT2D eigenvalue weighted by molar-refractivity contribution is -0.142. The molecule has 1 aliphatic carbocycles. The Morgan fingerprint density at radius 2 is 1.90 bits per heavy atom. The molecule has 20 heavy (non-hydrogen) atoms. The van der Waals surface area contributed by atoms with E-state index in [1.54, 1.807) is 0 Å². The molecule has 1 unspecified atom stereocenters. The third-order valence-corrected chi connectivity index (χ3v) is 4.80. The van der Waals surface area contributed by atoms with E-state index in [9.17, 15) is 4.79 Å². The van der Waals surface area contributed by atoms with E-state index in [1.165, 1.54) is 19.3 Å². The second-order valence-electron chi connectivity index (χ2n) is 7.85. The molecule has 3 heteroatoms. The van der Waals surface area contributed by atoms with Gasteiger partial charge in [-0.25, -0.2) is 0 Å². The maximum atomic E-state index is 12.9. The number of piperazine rings is 1. The highest BCUT2D eigenvalue weighted by atomic mass is 16.2. The van der Waals surface area contributed by atoms with Crippen LogP contribution in [0.25, 0.3) is 0 Å². The van der Waals surface area contributed by atoms with Crippen LogP contribution >= 0.6 is 0 Å². The normalized spacial score (nSPS) is 27.9. The molecule has 3 nitrogen and oxygen atoms in total. The number of nitrogens with zero attached hydrogens (tertiary/aromatic N) is 1. The third kappa shape index (κ3) is 3.97. The average molecular weight is 280 g/mol. The Morgan fingerprint density at radius 3 is 2.50 bits per heavy atom. The summed E-state index contributed by atoms with van der Waals surface area (Å²) in [7, 11) is 0. The van der Waals surface area contributed by atoms with E-state index in [4.69, 9.17) is 0 Å². The van der Waals surface area contributed by atoms with Gasteiger partial charge in [-0.15, -0.1) is 0 Å². The van der Waals surface area contributed by atoms with E-state index >= 15 is 0 Å². The van der Waals surface area contributed by atoms with Crippen molar-refractivity contribution in [2.24, 2.45) is 11.8 Å². The van der Waals surface area contributed by atoms with Crippen LogP contribution in [0, 0.1) is 11.8 Å². The predicted octanol–water partition coefficient (Wildman–Crippen LogP) is 3.19. The molecular weight excluding hydrogens is 248 g/mol. The zero-order valence-electron chi connectivity index (χ0n) is 13.7. The van der Waals surface area contributed by atoms with Crippen LogP contribution < -0.4 is 5.32 Å². The Hall–Kier alpha value is -0.570. The van der Waals surface area contributed by atoms with Crippen LogP contribution in [0.4, 0.5) is 0 Å². The number of carbonyl (C=O) groups is 1. The van der Waals surface area contributed by atoms with Gasteiger partial charge in [-0.05, 0) is 39.0 Å². The van der Waals surface area contributed by atoms with E-state index in [1.807, 2.05) is 0 Å². The van der Waals surface area contributed by atoms with E-state index in [0.29, 0.717) is 23.8 Å². The van der Waals surface area contributed by atoms with E-state index < -0.39 is 0 Å². The Labute approximate surface area is 124 Å². The molecule has 2 fully saturated rings. The van der Waals surface area contributed by atoms with Crippen LogP contribution in [0.1, 0.15) is 66.2 Å². The summed E-state index contributed by atoms with van der Waals surface area (Å²) in [6.07, 6.45) is 7.12. The molecule has 0 bridgehead atoms. The van der Waals surface area contributed by atoms with Crippen molar-refractivity contribution < 1.29 is 4.79 Å². The first kappa shape index (κ1) is 15.8. The maximum absolute atomic E-state index is 12.9. The van der Waals surface area contributed by atoms with Gasteiger partial charge in [0.2, 0.25) is 5.91 Å². The predicted molar refractivity (Wildman–Crippen MR) is 83.6 cm³/mol. The standard InChI is InChI=1S/C17H32N2O/c1-13(2)10-15-11-18-17(3,4)12-19(15)16(20)14-8-6-5-7-9-14/h13-15,18H,5-12H2,1-4H3. The van der Waals surface area contributed by atoms with Crippen LogP contribution in [0.3, 0.4) is 0 Å². The Kier molecular flexibility index (Phi) is 5.11. The molecule has 1 aliphatic heterocycles. The molecular formula is C17H32N2O. The molecule has 0 aromatic heterocycles. The number of nitrogens with one attached hydrogen (secondary N) is 1. The molecule has 0 aromatic carbocycles. The number of carbonyl (C=O) groups excluding carboxylic acids is 1. The van der Waals surface area contributed by atoms with E-state index in [2.05, 4.69) is 37.9 Å². The second kappa shape index (κ2) is 6.46. The molecule has 1 atom stereocenters. The summed E-state index contributed by atoms with van der Waals surface area (Å²) in [6.45, 7) is 10.7. The summed E-state index contributed by atoms with van der Waals surface area (Å²) in [4.78, 5) is 15.1. The fourth-order valence-electron chi connectivity index (χ4n) is 3.71. The van der Waals surface area contributed by atoms with Crippen LogP contribution in [0.2, 0.25) is 0 Å². The van der Waals surface area contributed by atoms with Crippen molar-refractivity contribution in [3.05, 3.63) is 0 Å². The van der Waals surface area contributed by atoms with Crippen molar-refractivity contribution in [1.29, 1.82) is 0 Å². The van der Waals surface area contributed by atoms with Crippen LogP contribution in [-0.4, -0.2) is 35.5 Å². The average Bonchev–Trinajstić information content (AvgIpc) is 2.40. The highest BCUT2D eigenvalue weighted by molar-refractivity contribution is 5.79. The van der Waals surface area contributed by atoms with Gasteiger partial charge in [-0.1, -0.05) is 33.1 Å². The lowest BCUT2D eigenvalue weighted by atomic mass is 9.86. The van der Waals surface area contributed by atoms with E-state index in [0.717, 1.165) is 32.4 Å². The summed E-state index contributed by atoms with van der Waals surface area (Å²) < 4.78 is 0. The topological polar surface area (TPSA) is 32.3 Å². The van der Waals surface area contributed by atoms with Crippen molar-refractivity contribution in [1.82, 2.24) is 10.2 Å². The van der Waals surface area contributed by atoms with Gasteiger partial charge >= 0.3 is 0 Å². The highest BCUT2D eigenvalue weighted by Gasteiger charge is 2.38. The van der Waals surface area contributed by atoms with Crippen molar-refractivity contribution in [2.45, 2.75) is 77.8 Å². The molecule has 1 saturated carbocycles. The second-order valence-corrected chi connectivity index (χ2v) is 7.85. The zero-order valence-corrected chi connectivity index (χ0v) is 13.7. The molecule has 2 rings (SSSR count). The van der Waals surface area contributed by atoms with Gasteiger partial charge in [0.05, 0.1) is 0 Å². The van der Waals surface area contributed by atoms with Gasteiger partial charge < -0.3 is 10.2 Å². The summed E-state index contributed by atoms with van der Waals surface area (Å²) in [5.41, 5.74) is 0.0534. The van der Waals surface area contributed by atoms with Crippen molar-refractivity contribution in [2.75, 3.05) is 13.1 Å². The first-order valence-corrected chi connectivity index (χ1v) is 8.44. The summed E-state index contributed by atoms with van der Waals surface area (Å²) in [6, 6.07) is 0.387. The highest BCUT2D eigenvalue weighted by Crippen LogP contribution is 2.29. The van der Waals surface area contributed by atoms with Crippen molar-refractivity contribution in [3.63, 3.8) is 0 Å². The van der Waals surface area contributed by atoms with Gasteiger partial charge in [0.15, 0.2) is 0 Å². The zero-order chi connectivity index (χ0) is 14.8. The quantitative estimate of drug-likeness (QED) is 0.861. The summed E-state index contributed by atoms with van der Waals surface area (Å²) in [5, 5.41) is 3.61. The minimum Gasteiger partial charge on any atom is -0.336 e. The molecule has 2 aliphatic rings. The summed E-state index contributed by atoms with van der Waals surface area (Å²) >= 11 is 0. The monoisotopic (exact) mass is 280 g/mol. The van der Waals surface area contributed by atoms with Gasteiger partial charge in [0, 0.05) is 30.6 Å². The Bertz CT molecular complexity index is 332. The SMILES string of the molecule is CC(C)CC1CNC(C)(C)CN1C(=O)C1CCCCC1. The molecule has 1 N–H and O–H groups in total. The number of amides is 1. The Balaban J connectivity index is 2.07. The van der Waals surface area contributed by atoms with Gasteiger partial charge in [-0.2, -0.15) is 0 Å². The first-order valence-electron chi connectivity index (χ1n) is 8.44. The van der Waals surface area contributed by atoms with Crippen molar-refractivity contribution >= 4 is 5.91 Å². The fourth-order valence-corrected chi connectivity index (χ4v) is 3.71. The van der Waals surface area contributed by atoms with Crippen LogP contribution in [0.15, 0.2) is 0 Å². The maximum Gasteiger partial charge on any atom is 0.226 e. The summed E-state index contributed by atoms with van der Waals surface area (Å²) in [5.74, 6) is 1.38. The van der Waals surface area contributed by atoms with Gasteiger partial charge in [0.25, 0.3) is 0 Å². The molecule has 1 heterocycles. The minimum atomic E-state index is 0.0534. The molecule has 1 saturated heterocycles. The molecule has 116 valence electrons. The number of rotatable bonds is 3. The van der Waals surface area contributed by atoms with E-state index in [-0.39, 0.29) is 5.54 Å². The first-order chi connectivity index (χ1) is 9.39.